The van der Waals surface area contributed by atoms with Gasteiger partial charge in [0.15, 0.2) is 6.61 Å². The van der Waals surface area contributed by atoms with Crippen molar-refractivity contribution >= 4 is 58.1 Å². The summed E-state index contributed by atoms with van der Waals surface area (Å²) in [6.07, 6.45) is 1.51. The maximum Gasteiger partial charge on any atom is 0.338 e. The van der Waals surface area contributed by atoms with Gasteiger partial charge in [0.1, 0.15) is 6.54 Å². The van der Waals surface area contributed by atoms with E-state index in [1.165, 1.54) is 18.2 Å². The number of anilines is 2. The second-order valence-corrected chi connectivity index (χ2v) is 10.7. The SMILES string of the molecule is Cc1ccc(NC(=O)COC(=O)c2ccc(/C=C3\SC(=O)N(CC(=O)Nc4ccc(C(C)C)cc4)C3=O)cc2)cc1. The third-order valence-electron chi connectivity index (χ3n) is 6.15. The molecule has 1 heterocycles. The molecule has 210 valence electrons. The Balaban J connectivity index is 1.29. The van der Waals surface area contributed by atoms with Crippen LogP contribution in [0.3, 0.4) is 0 Å². The summed E-state index contributed by atoms with van der Waals surface area (Å²) in [5, 5.41) is 4.81. The summed E-state index contributed by atoms with van der Waals surface area (Å²) >= 11 is 0.736. The minimum Gasteiger partial charge on any atom is -0.452 e. The lowest BCUT2D eigenvalue weighted by Gasteiger charge is -2.13. The summed E-state index contributed by atoms with van der Waals surface area (Å²) in [5.74, 6) is -1.85. The normalized spacial score (nSPS) is 14.0. The lowest BCUT2D eigenvalue weighted by Crippen LogP contribution is -2.36. The van der Waals surface area contributed by atoms with Crippen LogP contribution in [0.15, 0.2) is 77.7 Å². The van der Waals surface area contributed by atoms with Gasteiger partial charge in [-0.25, -0.2) is 4.79 Å². The highest BCUT2D eigenvalue weighted by Gasteiger charge is 2.36. The third-order valence-corrected chi connectivity index (χ3v) is 7.06. The zero-order valence-electron chi connectivity index (χ0n) is 22.8. The van der Waals surface area contributed by atoms with Crippen LogP contribution in [0.4, 0.5) is 16.2 Å². The first-order valence-corrected chi connectivity index (χ1v) is 13.7. The smallest absolute Gasteiger partial charge is 0.338 e. The molecule has 0 bridgehead atoms. The van der Waals surface area contributed by atoms with Crippen LogP contribution in [0.25, 0.3) is 6.08 Å². The van der Waals surface area contributed by atoms with Gasteiger partial charge in [-0.2, -0.15) is 0 Å². The molecule has 1 fully saturated rings. The topological polar surface area (TPSA) is 122 Å². The number of esters is 1. The molecule has 0 atom stereocenters. The lowest BCUT2D eigenvalue weighted by molar-refractivity contribution is -0.127. The van der Waals surface area contributed by atoms with Crippen LogP contribution in [0.2, 0.25) is 0 Å². The Hall–Kier alpha value is -4.70. The van der Waals surface area contributed by atoms with E-state index in [2.05, 4.69) is 24.5 Å². The van der Waals surface area contributed by atoms with Gasteiger partial charge >= 0.3 is 5.97 Å². The largest absolute Gasteiger partial charge is 0.452 e. The van der Waals surface area contributed by atoms with Crippen molar-refractivity contribution in [3.63, 3.8) is 0 Å². The van der Waals surface area contributed by atoms with Crippen LogP contribution in [0, 0.1) is 6.92 Å². The number of carbonyl (C=O) groups is 5. The van der Waals surface area contributed by atoms with E-state index >= 15 is 0 Å². The summed E-state index contributed by atoms with van der Waals surface area (Å²) in [6, 6.07) is 20.8. The maximum atomic E-state index is 12.8. The molecule has 1 saturated heterocycles. The molecule has 0 spiro atoms. The zero-order chi connectivity index (χ0) is 29.5. The molecule has 1 aliphatic rings. The molecule has 4 rings (SSSR count). The van der Waals surface area contributed by atoms with Gasteiger partial charge < -0.3 is 15.4 Å². The molecule has 1 aliphatic heterocycles. The van der Waals surface area contributed by atoms with E-state index < -0.39 is 42.1 Å². The fourth-order valence-electron chi connectivity index (χ4n) is 3.85. The van der Waals surface area contributed by atoms with Crippen LogP contribution in [-0.4, -0.2) is 47.0 Å². The first-order chi connectivity index (χ1) is 19.6. The Labute approximate surface area is 241 Å². The number of ether oxygens (including phenoxy) is 1. The van der Waals surface area contributed by atoms with Gasteiger partial charge in [0.2, 0.25) is 5.91 Å². The van der Waals surface area contributed by atoms with Gasteiger partial charge in [0, 0.05) is 11.4 Å². The first-order valence-electron chi connectivity index (χ1n) is 12.9. The molecular formula is C31H29N3O6S. The van der Waals surface area contributed by atoms with E-state index in [1.54, 1.807) is 36.4 Å². The van der Waals surface area contributed by atoms with Gasteiger partial charge in [-0.1, -0.05) is 55.8 Å². The van der Waals surface area contributed by atoms with Gasteiger partial charge in [-0.15, -0.1) is 0 Å². The van der Waals surface area contributed by atoms with Crippen molar-refractivity contribution < 1.29 is 28.7 Å². The molecule has 3 aromatic rings. The molecule has 0 radical (unpaired) electrons. The van der Waals surface area contributed by atoms with Gasteiger partial charge in [0.05, 0.1) is 10.5 Å². The fourth-order valence-corrected chi connectivity index (χ4v) is 4.69. The quantitative estimate of drug-likeness (QED) is 0.254. The minimum absolute atomic E-state index is 0.159. The van der Waals surface area contributed by atoms with Crippen molar-refractivity contribution in [2.45, 2.75) is 26.7 Å². The van der Waals surface area contributed by atoms with Crippen LogP contribution < -0.4 is 10.6 Å². The summed E-state index contributed by atoms with van der Waals surface area (Å²) in [6.45, 7) is 5.22. The van der Waals surface area contributed by atoms with E-state index in [0.29, 0.717) is 22.9 Å². The summed E-state index contributed by atoms with van der Waals surface area (Å²) in [7, 11) is 0. The molecular weight excluding hydrogens is 542 g/mol. The lowest BCUT2D eigenvalue weighted by atomic mass is 10.0. The number of carbonyl (C=O) groups excluding carboxylic acids is 5. The average molecular weight is 572 g/mol. The second-order valence-electron chi connectivity index (χ2n) is 9.71. The molecule has 3 aromatic carbocycles. The van der Waals surface area contributed by atoms with Gasteiger partial charge in [-0.3, -0.25) is 24.1 Å². The molecule has 10 heteroatoms. The van der Waals surface area contributed by atoms with E-state index in [-0.39, 0.29) is 10.5 Å². The Kier molecular flexibility index (Phi) is 9.36. The number of aryl methyl sites for hydroxylation is 1. The predicted octanol–water partition coefficient (Wildman–Crippen LogP) is 5.59. The highest BCUT2D eigenvalue weighted by Crippen LogP contribution is 2.32. The fraction of sp³-hybridized carbons (Fsp3) is 0.194. The number of hydrogen-bond donors (Lipinski definition) is 2. The van der Waals surface area contributed by atoms with Crippen LogP contribution >= 0.6 is 11.8 Å². The molecule has 0 aliphatic carbocycles. The monoisotopic (exact) mass is 571 g/mol. The van der Waals surface area contributed by atoms with E-state index in [1.807, 2.05) is 31.2 Å². The first kappa shape index (κ1) is 29.3. The number of nitrogens with one attached hydrogen (secondary N) is 2. The Bertz CT molecular complexity index is 1500. The number of rotatable bonds is 9. The van der Waals surface area contributed by atoms with Crippen LogP contribution in [0.5, 0.6) is 0 Å². The second kappa shape index (κ2) is 13.1. The van der Waals surface area contributed by atoms with Crippen LogP contribution in [0.1, 0.15) is 46.8 Å². The minimum atomic E-state index is -0.680. The standard InChI is InChI=1S/C31H29N3O6S/c1-19(2)22-10-14-25(15-11-22)32-27(35)17-34-29(37)26(41-31(34)39)16-21-6-8-23(9-7-21)30(38)40-18-28(36)33-24-12-4-20(3)5-13-24/h4-16,19H,17-18H2,1-3H3,(H,32,35)(H,33,36)/b26-16-. The summed E-state index contributed by atoms with van der Waals surface area (Å²) < 4.78 is 5.09. The molecule has 0 aromatic heterocycles. The Morgan fingerprint density at radius 1 is 0.854 bits per heavy atom. The van der Waals surface area contributed by atoms with E-state index in [9.17, 15) is 24.0 Å². The third kappa shape index (κ3) is 7.92. The average Bonchev–Trinajstić information content (AvgIpc) is 3.20. The van der Waals surface area contributed by atoms with Crippen molar-refractivity contribution in [2.75, 3.05) is 23.8 Å². The zero-order valence-corrected chi connectivity index (χ0v) is 23.6. The number of thioether (sulfide) groups is 1. The molecule has 41 heavy (non-hydrogen) atoms. The highest BCUT2D eigenvalue weighted by molar-refractivity contribution is 8.18. The number of benzene rings is 3. The van der Waals surface area contributed by atoms with Crippen molar-refractivity contribution in [1.29, 1.82) is 0 Å². The molecule has 2 N–H and O–H groups in total. The summed E-state index contributed by atoms with van der Waals surface area (Å²) in [5.41, 5.74) is 4.15. The Morgan fingerprint density at radius 2 is 1.44 bits per heavy atom. The van der Waals surface area contributed by atoms with E-state index in [4.69, 9.17) is 4.74 Å². The van der Waals surface area contributed by atoms with Crippen molar-refractivity contribution in [1.82, 2.24) is 4.90 Å². The number of hydrogen-bond acceptors (Lipinski definition) is 7. The van der Waals surface area contributed by atoms with E-state index in [0.717, 1.165) is 27.8 Å². The van der Waals surface area contributed by atoms with Gasteiger partial charge in [-0.05, 0) is 78.2 Å². The molecule has 9 nitrogen and oxygen atoms in total. The summed E-state index contributed by atoms with van der Waals surface area (Å²) in [4.78, 5) is 63.2. The van der Waals surface area contributed by atoms with Gasteiger partial charge in [0.25, 0.3) is 17.1 Å². The number of amides is 4. The van der Waals surface area contributed by atoms with Crippen molar-refractivity contribution in [2.24, 2.45) is 0 Å². The van der Waals surface area contributed by atoms with Crippen LogP contribution in [-0.2, 0) is 19.1 Å². The number of nitrogens with zero attached hydrogens (tertiary/aromatic N) is 1. The maximum absolute atomic E-state index is 12.8. The van der Waals surface area contributed by atoms with Crippen molar-refractivity contribution in [3.8, 4) is 0 Å². The predicted molar refractivity (Wildman–Crippen MR) is 158 cm³/mol. The highest BCUT2D eigenvalue weighted by atomic mass is 32.2. The molecule has 0 unspecified atom stereocenters. The number of imide groups is 1. The van der Waals surface area contributed by atoms with Crippen molar-refractivity contribution in [3.05, 3.63) is 100.0 Å². The Morgan fingerprint density at radius 3 is 2.05 bits per heavy atom. The molecule has 4 amide bonds. The molecule has 0 saturated carbocycles.